The molecular weight excluding hydrogens is 354 g/mol. The molecule has 3 atom stereocenters. The summed E-state index contributed by atoms with van der Waals surface area (Å²) < 4.78 is 33.4. The topological polar surface area (TPSA) is 127 Å². The summed E-state index contributed by atoms with van der Waals surface area (Å²) >= 11 is 0. The van der Waals surface area contributed by atoms with E-state index in [-0.39, 0.29) is 0 Å². The number of nitrogens with zero attached hydrogens (tertiary/aromatic N) is 1. The summed E-state index contributed by atoms with van der Waals surface area (Å²) in [5, 5.41) is 7.98. The van der Waals surface area contributed by atoms with E-state index in [1.165, 1.54) is 13.8 Å². The van der Waals surface area contributed by atoms with Gasteiger partial charge in [-0.05, 0) is 34.6 Å². The predicted molar refractivity (Wildman–Crippen MR) is 84.5 cm³/mol. The van der Waals surface area contributed by atoms with Crippen molar-refractivity contribution in [3.8, 4) is 0 Å². The van der Waals surface area contributed by atoms with E-state index < -0.39 is 68.6 Å². The lowest BCUT2D eigenvalue weighted by Gasteiger charge is -2.42. The van der Waals surface area contributed by atoms with Crippen molar-refractivity contribution in [3.05, 3.63) is 0 Å². The number of esters is 2. The first-order chi connectivity index (χ1) is 11.3. The molecule has 0 unspecified atom stereocenters. The Morgan fingerprint density at radius 1 is 1.24 bits per heavy atom. The number of carbonyl (C=O) groups is 3. The zero-order valence-electron chi connectivity index (χ0n) is 14.8. The van der Waals surface area contributed by atoms with Crippen LogP contribution in [0.25, 0.3) is 0 Å². The van der Waals surface area contributed by atoms with Gasteiger partial charge in [-0.3, -0.25) is 9.59 Å². The maximum Gasteiger partial charge on any atom is 0.333 e. The Bertz CT molecular complexity index is 706. The van der Waals surface area contributed by atoms with Crippen molar-refractivity contribution in [3.63, 3.8) is 0 Å². The Morgan fingerprint density at radius 2 is 1.80 bits per heavy atom. The fourth-order valence-electron chi connectivity index (χ4n) is 2.99. The molecule has 2 aliphatic rings. The quantitative estimate of drug-likeness (QED) is 0.392. The van der Waals surface area contributed by atoms with Crippen LogP contribution in [0, 0.1) is 11.3 Å². The van der Waals surface area contributed by atoms with Crippen LogP contribution in [0.2, 0.25) is 0 Å². The molecule has 0 aromatic heterocycles. The van der Waals surface area contributed by atoms with Crippen molar-refractivity contribution in [2.75, 3.05) is 13.4 Å². The van der Waals surface area contributed by atoms with Crippen LogP contribution >= 0.6 is 0 Å². The van der Waals surface area contributed by atoms with Crippen molar-refractivity contribution in [2.45, 2.75) is 50.8 Å². The summed E-state index contributed by atoms with van der Waals surface area (Å²) in [5.74, 6) is -3.24. The number of amides is 1. The highest BCUT2D eigenvalue weighted by Crippen LogP contribution is 2.48. The summed E-state index contributed by atoms with van der Waals surface area (Å²) in [6.45, 7) is 6.26. The number of rotatable bonds is 4. The molecule has 9 nitrogen and oxygen atoms in total. The number of hydrogen-bond acceptors (Lipinski definition) is 8. The van der Waals surface area contributed by atoms with Gasteiger partial charge in [-0.1, -0.05) is 0 Å². The van der Waals surface area contributed by atoms with Gasteiger partial charge in [0.05, 0.1) is 22.7 Å². The van der Waals surface area contributed by atoms with Gasteiger partial charge in [-0.15, -0.1) is 0 Å². The normalized spacial score (nSPS) is 29.6. The van der Waals surface area contributed by atoms with Gasteiger partial charge in [0.15, 0.2) is 9.84 Å². The first-order valence-electron chi connectivity index (χ1n) is 7.78. The SMILES string of the molecule is CC(C)(C)C(=O)OCOC(=O)[C@@H]1N2C(=O)[C@@H](CO)[C@H]2S(=O)(=O)C1(C)C. The molecule has 1 N–H and O–H groups in total. The monoisotopic (exact) mass is 377 g/mol. The summed E-state index contributed by atoms with van der Waals surface area (Å²) in [4.78, 5) is 37.1. The third-order valence-electron chi connectivity index (χ3n) is 4.60. The average Bonchev–Trinajstić information content (AvgIpc) is 2.61. The highest BCUT2D eigenvalue weighted by molar-refractivity contribution is 7.93. The number of carbonyl (C=O) groups excluding carboxylic acids is 3. The summed E-state index contributed by atoms with van der Waals surface area (Å²) in [6.07, 6.45) is 0. The van der Waals surface area contributed by atoms with Gasteiger partial charge < -0.3 is 19.5 Å². The van der Waals surface area contributed by atoms with Crippen molar-refractivity contribution in [1.82, 2.24) is 4.90 Å². The number of β-lactam (4-membered cyclic amide) rings is 1. The minimum atomic E-state index is -3.88. The third kappa shape index (κ3) is 2.80. The molecule has 25 heavy (non-hydrogen) atoms. The van der Waals surface area contributed by atoms with Crippen molar-refractivity contribution >= 4 is 27.7 Å². The number of fused-ring (bicyclic) bond motifs is 1. The van der Waals surface area contributed by atoms with Crippen LogP contribution in [0.3, 0.4) is 0 Å². The number of hydrogen-bond donors (Lipinski definition) is 1. The standard InChI is InChI=1S/C15H23NO8S/c1-14(2,3)13(20)24-7-23-12(19)9-15(4,5)25(21,22)11-8(6-17)10(18)16(9)11/h8-9,11,17H,6-7H2,1-5H3/t8-,9+,11-/m1/s1. The maximum absolute atomic E-state index is 12.6. The van der Waals surface area contributed by atoms with Gasteiger partial charge in [-0.2, -0.15) is 0 Å². The zero-order chi connectivity index (χ0) is 19.4. The number of aliphatic hydroxyl groups is 1. The summed E-state index contributed by atoms with van der Waals surface area (Å²) in [7, 11) is -3.88. The van der Waals surface area contributed by atoms with E-state index in [0.29, 0.717) is 0 Å². The Morgan fingerprint density at radius 3 is 2.28 bits per heavy atom. The van der Waals surface area contributed by atoms with Gasteiger partial charge in [0, 0.05) is 0 Å². The van der Waals surface area contributed by atoms with Gasteiger partial charge in [0.1, 0.15) is 11.4 Å². The molecule has 0 radical (unpaired) electrons. The molecule has 142 valence electrons. The van der Waals surface area contributed by atoms with Crippen LogP contribution in [-0.2, 0) is 33.7 Å². The molecule has 2 saturated heterocycles. The molecule has 0 bridgehead atoms. The van der Waals surface area contributed by atoms with Gasteiger partial charge in [0.25, 0.3) is 0 Å². The highest BCUT2D eigenvalue weighted by Gasteiger charge is 2.72. The molecule has 0 aromatic carbocycles. The number of aliphatic hydroxyl groups excluding tert-OH is 1. The average molecular weight is 377 g/mol. The fourth-order valence-corrected chi connectivity index (χ4v) is 5.30. The van der Waals surface area contributed by atoms with Gasteiger partial charge in [0.2, 0.25) is 12.7 Å². The van der Waals surface area contributed by atoms with Crippen LogP contribution < -0.4 is 0 Å². The maximum atomic E-state index is 12.6. The highest BCUT2D eigenvalue weighted by atomic mass is 32.2. The summed E-state index contributed by atoms with van der Waals surface area (Å²) in [6, 6.07) is -1.36. The van der Waals surface area contributed by atoms with Gasteiger partial charge in [-0.25, -0.2) is 13.2 Å². The lowest BCUT2D eigenvalue weighted by atomic mass is 9.92. The Labute approximate surface area is 146 Å². The second-order valence-corrected chi connectivity index (χ2v) is 10.4. The van der Waals surface area contributed by atoms with E-state index >= 15 is 0 Å². The number of sulfone groups is 1. The Kier molecular flexibility index (Phi) is 4.67. The fraction of sp³-hybridized carbons (Fsp3) is 0.800. The zero-order valence-corrected chi connectivity index (χ0v) is 15.6. The molecule has 2 aliphatic heterocycles. The van der Waals surface area contributed by atoms with Crippen LogP contribution in [0.15, 0.2) is 0 Å². The van der Waals surface area contributed by atoms with Crippen LogP contribution in [0.1, 0.15) is 34.6 Å². The van der Waals surface area contributed by atoms with Crippen molar-refractivity contribution in [2.24, 2.45) is 11.3 Å². The predicted octanol–water partition coefficient (Wildman–Crippen LogP) is -0.571. The first kappa shape index (κ1) is 19.6. The molecule has 1 amide bonds. The smallest absolute Gasteiger partial charge is 0.333 e. The molecule has 0 spiro atoms. The number of ether oxygens (including phenoxy) is 2. The van der Waals surface area contributed by atoms with E-state index in [1.54, 1.807) is 20.8 Å². The van der Waals surface area contributed by atoms with Crippen LogP contribution in [0.5, 0.6) is 0 Å². The van der Waals surface area contributed by atoms with Gasteiger partial charge >= 0.3 is 11.9 Å². The third-order valence-corrected chi connectivity index (χ3v) is 7.48. The largest absolute Gasteiger partial charge is 0.427 e. The lowest BCUT2D eigenvalue weighted by Crippen LogP contribution is -2.64. The molecule has 0 saturated carbocycles. The molecular formula is C15H23NO8S. The van der Waals surface area contributed by atoms with Crippen molar-refractivity contribution in [1.29, 1.82) is 0 Å². The van der Waals surface area contributed by atoms with E-state index in [4.69, 9.17) is 9.47 Å². The van der Waals surface area contributed by atoms with Crippen LogP contribution in [0.4, 0.5) is 0 Å². The molecule has 10 heteroatoms. The minimum Gasteiger partial charge on any atom is -0.427 e. The molecule has 0 aliphatic carbocycles. The second-order valence-electron chi connectivity index (χ2n) is 7.74. The Hall–Kier alpha value is -1.68. The Balaban J connectivity index is 2.14. The second kappa shape index (κ2) is 5.94. The lowest BCUT2D eigenvalue weighted by molar-refractivity contribution is -0.181. The van der Waals surface area contributed by atoms with E-state index in [0.717, 1.165) is 4.90 Å². The molecule has 0 aromatic rings. The van der Waals surface area contributed by atoms with E-state index in [2.05, 4.69) is 0 Å². The van der Waals surface area contributed by atoms with Crippen molar-refractivity contribution < 1.29 is 37.4 Å². The molecule has 2 rings (SSSR count). The molecule has 2 heterocycles. The van der Waals surface area contributed by atoms with Crippen LogP contribution in [-0.4, -0.2) is 65.8 Å². The first-order valence-corrected chi connectivity index (χ1v) is 9.33. The molecule has 2 fully saturated rings. The summed E-state index contributed by atoms with van der Waals surface area (Å²) in [5.41, 5.74) is -0.782. The van der Waals surface area contributed by atoms with E-state index in [1.807, 2.05) is 0 Å². The minimum absolute atomic E-state index is 0.586. The van der Waals surface area contributed by atoms with E-state index in [9.17, 15) is 27.9 Å².